The number of piperidine rings is 1. The number of rotatable bonds is 3. The van der Waals surface area contributed by atoms with Gasteiger partial charge in [-0.15, -0.1) is 11.3 Å². The van der Waals surface area contributed by atoms with Crippen molar-refractivity contribution in [2.45, 2.75) is 25.0 Å². The van der Waals surface area contributed by atoms with Gasteiger partial charge in [-0.2, -0.15) is 0 Å². The Morgan fingerprint density at radius 2 is 1.88 bits per heavy atom. The van der Waals surface area contributed by atoms with E-state index in [2.05, 4.69) is 9.88 Å². The molecule has 2 aliphatic rings. The van der Waals surface area contributed by atoms with E-state index in [1.54, 1.807) is 0 Å². The first-order valence-corrected chi connectivity index (χ1v) is 9.31. The minimum atomic E-state index is -0.156. The first-order valence-electron chi connectivity index (χ1n) is 8.43. The van der Waals surface area contributed by atoms with Crippen LogP contribution in [-0.4, -0.2) is 64.1 Å². The highest BCUT2D eigenvalue weighted by Gasteiger charge is 2.34. The molecule has 126 valence electrons. The van der Waals surface area contributed by atoms with E-state index in [0.717, 1.165) is 49.6 Å². The van der Waals surface area contributed by atoms with Gasteiger partial charge in [0.1, 0.15) is 10.7 Å². The van der Waals surface area contributed by atoms with Crippen LogP contribution in [0.3, 0.4) is 0 Å². The van der Waals surface area contributed by atoms with E-state index in [1.807, 2.05) is 40.6 Å². The predicted molar refractivity (Wildman–Crippen MR) is 94.1 cm³/mol. The molecule has 1 amide bonds. The maximum atomic E-state index is 12.7. The molecule has 0 saturated carbocycles. The van der Waals surface area contributed by atoms with Gasteiger partial charge in [0.2, 0.25) is 0 Å². The van der Waals surface area contributed by atoms with Crippen LogP contribution < -0.4 is 0 Å². The number of hydrogen-bond acceptors (Lipinski definition) is 5. The zero-order chi connectivity index (χ0) is 16.5. The van der Waals surface area contributed by atoms with E-state index in [0.29, 0.717) is 11.7 Å². The Kier molecular flexibility index (Phi) is 4.35. The van der Waals surface area contributed by atoms with Gasteiger partial charge >= 0.3 is 0 Å². The van der Waals surface area contributed by atoms with E-state index in [1.165, 1.54) is 11.3 Å². The molecular formula is C18H21N3O2S. The van der Waals surface area contributed by atoms with Gasteiger partial charge in [-0.05, 0) is 12.8 Å². The zero-order valence-corrected chi connectivity index (χ0v) is 14.3. The van der Waals surface area contributed by atoms with Gasteiger partial charge in [0, 0.05) is 43.2 Å². The summed E-state index contributed by atoms with van der Waals surface area (Å²) in [5.74, 6) is 0.0375. The quantitative estimate of drug-likeness (QED) is 0.927. The smallest absolute Gasteiger partial charge is 0.273 e. The molecule has 2 aliphatic heterocycles. The van der Waals surface area contributed by atoms with Crippen LogP contribution in [0.2, 0.25) is 0 Å². The van der Waals surface area contributed by atoms with Gasteiger partial charge < -0.3 is 10.0 Å². The lowest BCUT2D eigenvalue weighted by atomic mass is 9.98. The second-order valence-electron chi connectivity index (χ2n) is 6.54. The lowest BCUT2D eigenvalue weighted by Crippen LogP contribution is -2.58. The van der Waals surface area contributed by atoms with E-state index >= 15 is 0 Å². The van der Waals surface area contributed by atoms with Crippen molar-refractivity contribution in [3.63, 3.8) is 0 Å². The van der Waals surface area contributed by atoms with E-state index in [-0.39, 0.29) is 12.0 Å². The molecule has 0 aliphatic carbocycles. The monoisotopic (exact) mass is 343 g/mol. The van der Waals surface area contributed by atoms with Gasteiger partial charge in [0.15, 0.2) is 0 Å². The first kappa shape index (κ1) is 15.7. The molecule has 1 aromatic carbocycles. The highest BCUT2D eigenvalue weighted by Crippen LogP contribution is 2.26. The largest absolute Gasteiger partial charge is 0.390 e. The maximum absolute atomic E-state index is 12.7. The molecule has 24 heavy (non-hydrogen) atoms. The molecule has 2 saturated heterocycles. The second kappa shape index (κ2) is 6.63. The number of hydrogen-bond donors (Lipinski definition) is 1. The highest BCUT2D eigenvalue weighted by atomic mass is 32.1. The van der Waals surface area contributed by atoms with Crippen molar-refractivity contribution in [3.8, 4) is 10.6 Å². The molecule has 1 aromatic heterocycles. The van der Waals surface area contributed by atoms with Crippen LogP contribution in [0, 0.1) is 0 Å². The number of aliphatic hydroxyl groups excluding tert-OH is 1. The third-order valence-electron chi connectivity index (χ3n) is 4.90. The summed E-state index contributed by atoms with van der Waals surface area (Å²) in [6.07, 6.45) is 1.80. The summed E-state index contributed by atoms with van der Waals surface area (Å²) in [5.41, 5.74) is 1.60. The van der Waals surface area contributed by atoms with E-state index in [9.17, 15) is 9.90 Å². The average Bonchev–Trinajstić information content (AvgIpc) is 3.09. The summed E-state index contributed by atoms with van der Waals surface area (Å²) in [6.45, 7) is 3.11. The average molecular weight is 343 g/mol. The normalized spacial score (nSPS) is 20.1. The lowest BCUT2D eigenvalue weighted by molar-refractivity contribution is -0.0381. The van der Waals surface area contributed by atoms with Crippen molar-refractivity contribution < 1.29 is 9.90 Å². The fourth-order valence-electron chi connectivity index (χ4n) is 3.47. The molecule has 2 fully saturated rings. The minimum absolute atomic E-state index is 0.0375. The van der Waals surface area contributed by atoms with Crippen molar-refractivity contribution in [1.82, 2.24) is 14.8 Å². The number of nitrogens with zero attached hydrogens (tertiary/aromatic N) is 3. The second-order valence-corrected chi connectivity index (χ2v) is 7.39. The van der Waals surface area contributed by atoms with Crippen molar-refractivity contribution in [1.29, 1.82) is 0 Å². The topological polar surface area (TPSA) is 56.7 Å². The maximum Gasteiger partial charge on any atom is 0.273 e. The van der Waals surface area contributed by atoms with Crippen LogP contribution in [-0.2, 0) is 0 Å². The third-order valence-corrected chi connectivity index (χ3v) is 5.79. The number of likely N-dealkylation sites (tertiary alicyclic amines) is 2. The van der Waals surface area contributed by atoms with Gasteiger partial charge in [-0.25, -0.2) is 4.98 Å². The highest BCUT2D eigenvalue weighted by molar-refractivity contribution is 7.13. The van der Waals surface area contributed by atoms with Crippen LogP contribution in [0.1, 0.15) is 23.3 Å². The number of aromatic nitrogens is 1. The summed E-state index contributed by atoms with van der Waals surface area (Å²) in [7, 11) is 0. The number of benzene rings is 1. The van der Waals surface area contributed by atoms with Crippen LogP contribution in [0.5, 0.6) is 0 Å². The molecule has 6 heteroatoms. The molecule has 4 rings (SSSR count). The van der Waals surface area contributed by atoms with Crippen molar-refractivity contribution in [2.75, 3.05) is 26.2 Å². The SMILES string of the molecule is O=C(c1csc(-c2ccccc2)n1)N1CCC(N2CC(O)C2)CC1. The summed E-state index contributed by atoms with van der Waals surface area (Å²) < 4.78 is 0. The minimum Gasteiger partial charge on any atom is -0.390 e. The Labute approximate surface area is 145 Å². The number of thiazole rings is 1. The molecule has 0 atom stereocenters. The van der Waals surface area contributed by atoms with Crippen molar-refractivity contribution in [2.24, 2.45) is 0 Å². The molecule has 0 unspecified atom stereocenters. The van der Waals surface area contributed by atoms with Crippen LogP contribution in [0.4, 0.5) is 0 Å². The van der Waals surface area contributed by atoms with Gasteiger partial charge in [0.25, 0.3) is 5.91 Å². The van der Waals surface area contributed by atoms with Crippen LogP contribution >= 0.6 is 11.3 Å². The number of carbonyl (C=O) groups excluding carboxylic acids is 1. The Balaban J connectivity index is 1.37. The number of carbonyl (C=O) groups is 1. The fourth-order valence-corrected chi connectivity index (χ4v) is 4.27. The van der Waals surface area contributed by atoms with Crippen LogP contribution in [0.25, 0.3) is 10.6 Å². The Morgan fingerprint density at radius 1 is 1.17 bits per heavy atom. The molecule has 5 nitrogen and oxygen atoms in total. The van der Waals surface area contributed by atoms with E-state index < -0.39 is 0 Å². The van der Waals surface area contributed by atoms with E-state index in [4.69, 9.17) is 0 Å². The first-order chi connectivity index (χ1) is 11.7. The predicted octanol–water partition coefficient (Wildman–Crippen LogP) is 2.09. The van der Waals surface area contributed by atoms with Gasteiger partial charge in [0.05, 0.1) is 6.10 Å². The van der Waals surface area contributed by atoms with Gasteiger partial charge in [-0.1, -0.05) is 30.3 Å². The fraction of sp³-hybridized carbons (Fsp3) is 0.444. The molecule has 0 bridgehead atoms. The summed E-state index contributed by atoms with van der Waals surface area (Å²) in [4.78, 5) is 21.4. The molecular weight excluding hydrogens is 322 g/mol. The van der Waals surface area contributed by atoms with Crippen molar-refractivity contribution in [3.05, 3.63) is 41.4 Å². The molecule has 0 radical (unpaired) electrons. The Hall–Kier alpha value is -1.76. The summed E-state index contributed by atoms with van der Waals surface area (Å²) >= 11 is 1.52. The Morgan fingerprint density at radius 3 is 2.54 bits per heavy atom. The van der Waals surface area contributed by atoms with Gasteiger partial charge in [-0.3, -0.25) is 9.69 Å². The standard InChI is InChI=1S/C18H21N3O2S/c22-15-10-21(11-15)14-6-8-20(9-7-14)18(23)16-12-24-17(19-16)13-4-2-1-3-5-13/h1-5,12,14-15,22H,6-11H2. The number of amides is 1. The number of aliphatic hydroxyl groups is 1. The third kappa shape index (κ3) is 3.09. The molecule has 3 heterocycles. The van der Waals surface area contributed by atoms with Crippen molar-refractivity contribution >= 4 is 17.2 Å². The Bertz CT molecular complexity index is 704. The molecule has 1 N–H and O–H groups in total. The zero-order valence-electron chi connectivity index (χ0n) is 13.5. The lowest BCUT2D eigenvalue weighted by Gasteiger charge is -2.45. The molecule has 2 aromatic rings. The number of β-amino-alcohol motifs (C(OH)–C–C–N with tert-alkyl or cyclic N) is 1. The van der Waals surface area contributed by atoms with Crippen LogP contribution in [0.15, 0.2) is 35.7 Å². The summed E-state index contributed by atoms with van der Waals surface area (Å²) in [5, 5.41) is 12.2. The summed E-state index contributed by atoms with van der Waals surface area (Å²) in [6, 6.07) is 10.5. The molecule has 0 spiro atoms.